The monoisotopic (exact) mass is 353 g/mol. The lowest BCUT2D eigenvalue weighted by atomic mass is 9.84. The Morgan fingerprint density at radius 1 is 1.08 bits per heavy atom. The van der Waals surface area contributed by atoms with Crippen LogP contribution in [0.5, 0.6) is 0 Å². The molecule has 1 aliphatic carbocycles. The fraction of sp³-hybridized carbons (Fsp3) is 0.500. The highest BCUT2D eigenvalue weighted by molar-refractivity contribution is 5.98. The molecule has 2 heterocycles. The maximum Gasteiger partial charge on any atom is 0.303 e. The van der Waals surface area contributed by atoms with Crippen molar-refractivity contribution in [2.45, 2.75) is 50.9 Å². The fourth-order valence-corrected chi connectivity index (χ4v) is 4.33. The smallest absolute Gasteiger partial charge is 0.303 e. The van der Waals surface area contributed by atoms with Crippen LogP contribution in [0.3, 0.4) is 0 Å². The summed E-state index contributed by atoms with van der Waals surface area (Å²) in [5, 5.41) is 12.6. The summed E-state index contributed by atoms with van der Waals surface area (Å²) in [6.45, 7) is 1.57. The van der Waals surface area contributed by atoms with Crippen molar-refractivity contribution in [1.29, 1.82) is 0 Å². The van der Waals surface area contributed by atoms with Crippen LogP contribution >= 0.6 is 0 Å². The Bertz CT molecular complexity index is 859. The topological polar surface area (TPSA) is 76.3 Å². The first kappa shape index (κ1) is 16.9. The molecule has 0 radical (unpaired) electrons. The van der Waals surface area contributed by atoms with Gasteiger partial charge in [-0.05, 0) is 44.2 Å². The van der Waals surface area contributed by atoms with Crippen LogP contribution in [0.2, 0.25) is 0 Å². The van der Waals surface area contributed by atoms with E-state index >= 15 is 0 Å². The maximum atomic E-state index is 12.6. The number of fused-ring (bicyclic) bond motifs is 1. The van der Waals surface area contributed by atoms with Gasteiger partial charge in [0.05, 0.1) is 27.4 Å². The van der Waals surface area contributed by atoms with Crippen molar-refractivity contribution in [2.24, 2.45) is 0 Å². The Kier molecular flexibility index (Phi) is 4.57. The molecule has 0 bridgehead atoms. The zero-order valence-corrected chi connectivity index (χ0v) is 14.8. The number of nitro groups is 1. The van der Waals surface area contributed by atoms with E-state index in [2.05, 4.69) is 4.90 Å². The molecule has 1 aliphatic heterocycles. The Morgan fingerprint density at radius 2 is 1.85 bits per heavy atom. The molecule has 0 amide bonds. The highest BCUT2D eigenvalue weighted by Gasteiger charge is 2.35. The predicted octanol–water partition coefficient (Wildman–Crippen LogP) is 4.36. The lowest BCUT2D eigenvalue weighted by Gasteiger charge is -2.32. The van der Waals surface area contributed by atoms with Crippen LogP contribution in [0.4, 0.5) is 11.4 Å². The van der Waals surface area contributed by atoms with Crippen molar-refractivity contribution in [3.05, 3.63) is 40.1 Å². The number of Topliss-reactive ketones (excluding diaryl/α,β-unsaturated/α-hetero) is 1. The number of nitrogens with zero attached hydrogens (tertiary/aromatic N) is 3. The molecule has 2 fully saturated rings. The van der Waals surface area contributed by atoms with Crippen molar-refractivity contribution in [3.63, 3.8) is 0 Å². The molecule has 6 nitrogen and oxygen atoms in total. The van der Waals surface area contributed by atoms with Crippen molar-refractivity contribution in [3.8, 4) is 0 Å². The van der Waals surface area contributed by atoms with Gasteiger partial charge in [-0.2, -0.15) is 0 Å². The minimum absolute atomic E-state index is 0.117. The van der Waals surface area contributed by atoms with Crippen molar-refractivity contribution < 1.29 is 9.72 Å². The first-order valence-corrected chi connectivity index (χ1v) is 9.51. The average Bonchev–Trinajstić information content (AvgIpc) is 2.67. The summed E-state index contributed by atoms with van der Waals surface area (Å²) in [5.74, 6) is -0.143. The average molecular weight is 353 g/mol. The summed E-state index contributed by atoms with van der Waals surface area (Å²) >= 11 is 0. The van der Waals surface area contributed by atoms with Gasteiger partial charge >= 0.3 is 5.69 Å². The lowest BCUT2D eigenvalue weighted by Crippen LogP contribution is -2.32. The first-order valence-electron chi connectivity index (χ1n) is 9.51. The van der Waals surface area contributed by atoms with Gasteiger partial charge in [0.25, 0.3) is 0 Å². The lowest BCUT2D eigenvalue weighted by molar-refractivity contribution is -0.382. The molecule has 1 aromatic heterocycles. The molecular weight excluding hydrogens is 330 g/mol. The van der Waals surface area contributed by atoms with Gasteiger partial charge in [-0.25, -0.2) is 4.98 Å². The van der Waals surface area contributed by atoms with E-state index in [-0.39, 0.29) is 22.3 Å². The van der Waals surface area contributed by atoms with E-state index in [1.54, 1.807) is 12.1 Å². The molecule has 4 rings (SSSR count). The van der Waals surface area contributed by atoms with Gasteiger partial charge in [0.2, 0.25) is 0 Å². The normalized spacial score (nSPS) is 21.2. The molecule has 26 heavy (non-hydrogen) atoms. The third-order valence-electron chi connectivity index (χ3n) is 5.61. The summed E-state index contributed by atoms with van der Waals surface area (Å²) in [6, 6.07) is 7.22. The van der Waals surface area contributed by atoms with Crippen LogP contribution in [-0.2, 0) is 4.79 Å². The molecule has 136 valence electrons. The van der Waals surface area contributed by atoms with E-state index in [1.165, 1.54) is 0 Å². The van der Waals surface area contributed by atoms with Crippen molar-refractivity contribution >= 4 is 28.1 Å². The number of ketones is 1. The molecule has 1 saturated carbocycles. The molecule has 2 aromatic rings. The molecule has 1 atom stereocenters. The Labute approximate surface area is 152 Å². The number of anilines is 1. The molecule has 1 aromatic carbocycles. The first-order chi connectivity index (χ1) is 12.7. The molecule has 6 heteroatoms. The number of aromatic nitrogens is 1. The second kappa shape index (κ2) is 7.02. The minimum Gasteiger partial charge on any atom is -0.364 e. The van der Waals surface area contributed by atoms with E-state index in [1.807, 2.05) is 12.1 Å². The molecule has 0 N–H and O–H groups in total. The standard InChI is InChI=1S/C20H23N3O3/c24-17-11-5-3-9-15(17)18-20(22-12-6-1-7-13-22)19(23(25)26)14-8-2-4-10-16(14)21-18/h2,4,8,10,15H,1,3,5-7,9,11-13H2. The summed E-state index contributed by atoms with van der Waals surface area (Å²) in [6.07, 6.45) is 6.34. The van der Waals surface area contributed by atoms with E-state index < -0.39 is 0 Å². The van der Waals surface area contributed by atoms with Crippen molar-refractivity contribution in [1.82, 2.24) is 4.98 Å². The van der Waals surface area contributed by atoms with Crippen LogP contribution in [0.1, 0.15) is 56.6 Å². The number of rotatable bonds is 3. The number of carbonyl (C=O) groups is 1. The number of benzene rings is 1. The molecule has 1 saturated heterocycles. The van der Waals surface area contributed by atoms with Crippen LogP contribution in [0.25, 0.3) is 10.9 Å². The van der Waals surface area contributed by atoms with Crippen LogP contribution in [0, 0.1) is 10.1 Å². The number of carbonyl (C=O) groups excluding carboxylic acids is 1. The summed E-state index contributed by atoms with van der Waals surface area (Å²) < 4.78 is 0. The Balaban J connectivity index is 1.98. The number of pyridine rings is 1. The summed E-state index contributed by atoms with van der Waals surface area (Å²) in [7, 11) is 0. The van der Waals surface area contributed by atoms with Gasteiger partial charge in [-0.3, -0.25) is 14.9 Å². The number of hydrogen-bond acceptors (Lipinski definition) is 5. The maximum absolute atomic E-state index is 12.6. The zero-order chi connectivity index (χ0) is 18.1. The second-order valence-electron chi connectivity index (χ2n) is 7.28. The number of piperidine rings is 1. The Morgan fingerprint density at radius 3 is 2.58 bits per heavy atom. The third-order valence-corrected chi connectivity index (χ3v) is 5.61. The third kappa shape index (κ3) is 2.93. The van der Waals surface area contributed by atoms with Crippen LogP contribution in [-0.4, -0.2) is 28.8 Å². The zero-order valence-electron chi connectivity index (χ0n) is 14.8. The largest absolute Gasteiger partial charge is 0.364 e. The van der Waals surface area contributed by atoms with Gasteiger partial charge in [-0.1, -0.05) is 18.6 Å². The second-order valence-corrected chi connectivity index (χ2v) is 7.28. The van der Waals surface area contributed by atoms with E-state index in [9.17, 15) is 14.9 Å². The van der Waals surface area contributed by atoms with Gasteiger partial charge < -0.3 is 4.90 Å². The highest BCUT2D eigenvalue weighted by Crippen LogP contribution is 2.44. The van der Waals surface area contributed by atoms with Crippen LogP contribution in [0.15, 0.2) is 24.3 Å². The van der Waals surface area contributed by atoms with Crippen molar-refractivity contribution in [2.75, 3.05) is 18.0 Å². The SMILES string of the molecule is O=C1CCCCC1c1nc2ccccc2c([N+](=O)[O-])c1N1CCCCC1. The number of hydrogen-bond donors (Lipinski definition) is 0. The fourth-order valence-electron chi connectivity index (χ4n) is 4.33. The van der Waals surface area contributed by atoms with Gasteiger partial charge in [0.15, 0.2) is 0 Å². The highest BCUT2D eigenvalue weighted by atomic mass is 16.6. The molecule has 1 unspecified atom stereocenters. The van der Waals surface area contributed by atoms with Gasteiger partial charge in [0, 0.05) is 19.5 Å². The predicted molar refractivity (Wildman–Crippen MR) is 101 cm³/mol. The molecular formula is C20H23N3O3. The Hall–Kier alpha value is -2.50. The molecule has 0 spiro atoms. The van der Waals surface area contributed by atoms with Gasteiger partial charge in [-0.15, -0.1) is 0 Å². The summed E-state index contributed by atoms with van der Waals surface area (Å²) in [4.78, 5) is 31.3. The minimum atomic E-state index is -0.316. The van der Waals surface area contributed by atoms with Gasteiger partial charge in [0.1, 0.15) is 11.5 Å². The van der Waals surface area contributed by atoms with E-state index in [0.717, 1.165) is 51.6 Å². The van der Waals surface area contributed by atoms with E-state index in [4.69, 9.17) is 4.98 Å². The number of para-hydroxylation sites is 1. The quantitative estimate of drug-likeness (QED) is 0.605. The molecule has 2 aliphatic rings. The van der Waals surface area contributed by atoms with E-state index in [0.29, 0.717) is 28.7 Å². The van der Waals surface area contributed by atoms with Crippen LogP contribution < -0.4 is 4.90 Å². The summed E-state index contributed by atoms with van der Waals surface area (Å²) in [5.41, 5.74) is 1.94.